The average Bonchev–Trinajstić information content (AvgIpc) is 2.42. The zero-order valence-electron chi connectivity index (χ0n) is 12.3. The van der Waals surface area contributed by atoms with Crippen molar-refractivity contribution in [2.75, 3.05) is 39.3 Å². The molecule has 1 aliphatic heterocycles. The predicted molar refractivity (Wildman–Crippen MR) is 81.4 cm³/mol. The van der Waals surface area contributed by atoms with Gasteiger partial charge in [-0.05, 0) is 38.2 Å². The van der Waals surface area contributed by atoms with Gasteiger partial charge in [-0.1, -0.05) is 12.1 Å². The molecule has 1 aromatic rings. The van der Waals surface area contributed by atoms with Crippen LogP contribution in [0, 0.1) is 5.92 Å². The van der Waals surface area contributed by atoms with Crippen LogP contribution in [-0.4, -0.2) is 53.5 Å². The molecule has 20 heavy (non-hydrogen) atoms. The SMILES string of the molecule is COc1cccc([C@@]2(O)CC[S@](=O)C[C@H]2CN(C)C)c1. The molecule has 0 amide bonds. The van der Waals surface area contributed by atoms with E-state index in [0.29, 0.717) is 17.9 Å². The van der Waals surface area contributed by atoms with E-state index in [-0.39, 0.29) is 5.92 Å². The van der Waals surface area contributed by atoms with E-state index >= 15 is 0 Å². The minimum atomic E-state index is -0.924. The summed E-state index contributed by atoms with van der Waals surface area (Å²) < 4.78 is 17.1. The molecule has 0 spiro atoms. The first-order valence-electron chi connectivity index (χ1n) is 6.82. The van der Waals surface area contributed by atoms with E-state index in [2.05, 4.69) is 0 Å². The van der Waals surface area contributed by atoms with Crippen molar-refractivity contribution >= 4 is 10.8 Å². The topological polar surface area (TPSA) is 49.8 Å². The first-order valence-corrected chi connectivity index (χ1v) is 8.31. The highest BCUT2D eigenvalue weighted by molar-refractivity contribution is 7.85. The van der Waals surface area contributed by atoms with Crippen molar-refractivity contribution < 1.29 is 14.1 Å². The first-order chi connectivity index (χ1) is 9.45. The van der Waals surface area contributed by atoms with E-state index in [4.69, 9.17) is 4.74 Å². The van der Waals surface area contributed by atoms with Crippen LogP contribution in [0.3, 0.4) is 0 Å². The summed E-state index contributed by atoms with van der Waals surface area (Å²) in [7, 11) is 4.74. The van der Waals surface area contributed by atoms with Crippen molar-refractivity contribution in [1.29, 1.82) is 0 Å². The van der Waals surface area contributed by atoms with Gasteiger partial charge in [-0.2, -0.15) is 0 Å². The fraction of sp³-hybridized carbons (Fsp3) is 0.600. The molecule has 1 saturated heterocycles. The molecule has 0 unspecified atom stereocenters. The maximum Gasteiger partial charge on any atom is 0.119 e. The number of nitrogens with zero attached hydrogens (tertiary/aromatic N) is 1. The normalized spacial score (nSPS) is 30.4. The second-order valence-corrected chi connectivity index (χ2v) is 7.30. The number of benzene rings is 1. The molecular formula is C15H23NO3S. The third-order valence-electron chi connectivity index (χ3n) is 3.93. The lowest BCUT2D eigenvalue weighted by atomic mass is 9.79. The lowest BCUT2D eigenvalue weighted by Gasteiger charge is -2.41. The minimum absolute atomic E-state index is 0.0285. The van der Waals surface area contributed by atoms with Gasteiger partial charge in [-0.15, -0.1) is 0 Å². The van der Waals surface area contributed by atoms with Crippen molar-refractivity contribution in [3.05, 3.63) is 29.8 Å². The second kappa shape index (κ2) is 6.24. The van der Waals surface area contributed by atoms with E-state index in [1.165, 1.54) is 0 Å². The Morgan fingerprint density at radius 3 is 2.90 bits per heavy atom. The molecule has 1 fully saturated rings. The Morgan fingerprint density at radius 1 is 1.50 bits per heavy atom. The molecule has 1 aromatic carbocycles. The van der Waals surface area contributed by atoms with Crippen LogP contribution in [0.25, 0.3) is 0 Å². The molecule has 0 saturated carbocycles. The Balaban J connectivity index is 2.34. The Bertz CT molecular complexity index is 492. The molecule has 0 aromatic heterocycles. The van der Waals surface area contributed by atoms with Crippen LogP contribution < -0.4 is 4.74 Å². The number of hydrogen-bond acceptors (Lipinski definition) is 4. The van der Waals surface area contributed by atoms with Crippen LogP contribution in [-0.2, 0) is 16.4 Å². The number of rotatable bonds is 4. The van der Waals surface area contributed by atoms with Gasteiger partial charge >= 0.3 is 0 Å². The molecule has 0 aliphatic carbocycles. The summed E-state index contributed by atoms with van der Waals surface area (Å²) in [5.74, 6) is 1.81. The Morgan fingerprint density at radius 2 is 2.25 bits per heavy atom. The zero-order valence-corrected chi connectivity index (χ0v) is 13.2. The van der Waals surface area contributed by atoms with E-state index in [9.17, 15) is 9.32 Å². The summed E-state index contributed by atoms with van der Waals surface area (Å²) in [6.07, 6.45) is 0.533. The van der Waals surface area contributed by atoms with Crippen molar-refractivity contribution in [3.63, 3.8) is 0 Å². The molecule has 0 bridgehead atoms. The van der Waals surface area contributed by atoms with Gasteiger partial charge in [0.1, 0.15) is 5.75 Å². The maximum absolute atomic E-state index is 11.9. The summed E-state index contributed by atoms with van der Waals surface area (Å²) in [6.45, 7) is 0.722. The van der Waals surface area contributed by atoms with E-state index < -0.39 is 16.4 Å². The standard InChI is InChI=1S/C15H23NO3S/c1-16(2)10-13-11-20(18)8-7-15(13,17)12-5-4-6-14(9-12)19-3/h4-6,9,13,17H,7-8,10-11H2,1-3H3/t13-,15+,20+/m1/s1. The summed E-state index contributed by atoms with van der Waals surface area (Å²) in [5.41, 5.74) is -0.0624. The number of hydrogen-bond donors (Lipinski definition) is 1. The molecule has 0 radical (unpaired) electrons. The highest BCUT2D eigenvalue weighted by Gasteiger charge is 2.43. The van der Waals surface area contributed by atoms with Gasteiger partial charge in [0.2, 0.25) is 0 Å². The molecular weight excluding hydrogens is 274 g/mol. The third kappa shape index (κ3) is 3.22. The predicted octanol–water partition coefficient (Wildman–Crippen LogP) is 1.21. The quantitative estimate of drug-likeness (QED) is 0.908. The zero-order chi connectivity index (χ0) is 14.8. The monoisotopic (exact) mass is 297 g/mol. The van der Waals surface area contributed by atoms with Crippen molar-refractivity contribution in [3.8, 4) is 5.75 Å². The van der Waals surface area contributed by atoms with Gasteiger partial charge in [0, 0.05) is 34.8 Å². The van der Waals surface area contributed by atoms with Gasteiger partial charge in [0.25, 0.3) is 0 Å². The molecule has 2 rings (SSSR count). The van der Waals surface area contributed by atoms with E-state index in [1.54, 1.807) is 7.11 Å². The smallest absolute Gasteiger partial charge is 0.119 e. The molecule has 1 N–H and O–H groups in total. The summed E-state index contributed by atoms with van der Waals surface area (Å²) in [5, 5.41) is 11.2. The minimum Gasteiger partial charge on any atom is -0.497 e. The summed E-state index contributed by atoms with van der Waals surface area (Å²) in [6, 6.07) is 7.58. The Hall–Kier alpha value is -0.910. The van der Waals surface area contributed by atoms with Crippen LogP contribution in [0.5, 0.6) is 5.75 Å². The second-order valence-electron chi connectivity index (χ2n) is 5.68. The maximum atomic E-state index is 11.9. The van der Waals surface area contributed by atoms with Crippen molar-refractivity contribution in [2.24, 2.45) is 5.92 Å². The van der Waals surface area contributed by atoms with E-state index in [1.807, 2.05) is 43.3 Å². The lowest BCUT2D eigenvalue weighted by Crippen LogP contribution is -2.48. The van der Waals surface area contributed by atoms with Gasteiger partial charge in [-0.3, -0.25) is 4.21 Å². The third-order valence-corrected chi connectivity index (χ3v) is 5.36. The molecule has 5 heteroatoms. The molecule has 112 valence electrons. The van der Waals surface area contributed by atoms with Crippen molar-refractivity contribution in [2.45, 2.75) is 12.0 Å². The van der Waals surface area contributed by atoms with Gasteiger partial charge < -0.3 is 14.7 Å². The summed E-state index contributed by atoms with van der Waals surface area (Å²) >= 11 is 0. The highest BCUT2D eigenvalue weighted by Crippen LogP contribution is 2.38. The van der Waals surface area contributed by atoms with E-state index in [0.717, 1.165) is 17.9 Å². The highest BCUT2D eigenvalue weighted by atomic mass is 32.2. The molecule has 1 heterocycles. The fourth-order valence-corrected chi connectivity index (χ4v) is 4.37. The Labute approximate surface area is 123 Å². The first kappa shape index (κ1) is 15.5. The number of ether oxygens (including phenoxy) is 1. The number of methoxy groups -OCH3 is 1. The molecule has 4 nitrogen and oxygen atoms in total. The lowest BCUT2D eigenvalue weighted by molar-refractivity contribution is -0.0304. The largest absolute Gasteiger partial charge is 0.497 e. The Kier molecular flexibility index (Phi) is 4.83. The van der Waals surface area contributed by atoms with Gasteiger partial charge in [0.05, 0.1) is 12.7 Å². The molecule has 3 atom stereocenters. The van der Waals surface area contributed by atoms with Crippen LogP contribution in [0.2, 0.25) is 0 Å². The van der Waals surface area contributed by atoms with Gasteiger partial charge in [-0.25, -0.2) is 0 Å². The van der Waals surface area contributed by atoms with Crippen LogP contribution in [0.4, 0.5) is 0 Å². The van der Waals surface area contributed by atoms with Crippen LogP contribution in [0.1, 0.15) is 12.0 Å². The summed E-state index contributed by atoms with van der Waals surface area (Å²) in [4.78, 5) is 2.04. The average molecular weight is 297 g/mol. The number of aliphatic hydroxyl groups is 1. The van der Waals surface area contributed by atoms with Crippen LogP contribution in [0.15, 0.2) is 24.3 Å². The van der Waals surface area contributed by atoms with Crippen molar-refractivity contribution in [1.82, 2.24) is 4.90 Å². The fourth-order valence-electron chi connectivity index (χ4n) is 2.84. The van der Waals surface area contributed by atoms with Gasteiger partial charge in [0.15, 0.2) is 0 Å². The molecule has 1 aliphatic rings. The van der Waals surface area contributed by atoms with Crippen LogP contribution >= 0.6 is 0 Å².